The Morgan fingerprint density at radius 1 is 1.16 bits per heavy atom. The van der Waals surface area contributed by atoms with E-state index in [1.165, 1.54) is 19.1 Å². The lowest BCUT2D eigenvalue weighted by Crippen LogP contribution is -2.43. The molecule has 1 aliphatic heterocycles. The molecule has 1 aliphatic rings. The van der Waals surface area contributed by atoms with E-state index < -0.39 is 74.2 Å². The van der Waals surface area contributed by atoms with Crippen molar-refractivity contribution in [3.8, 4) is 5.75 Å². The number of benzene rings is 1. The molecule has 44 heavy (non-hydrogen) atoms. The first-order valence-electron chi connectivity index (χ1n) is 13.6. The molecule has 244 valence electrons. The molecule has 0 saturated carbocycles. The van der Waals surface area contributed by atoms with Gasteiger partial charge in [-0.15, -0.1) is 0 Å². The molecule has 1 saturated heterocycles. The Kier molecular flexibility index (Phi) is 11.2. The van der Waals surface area contributed by atoms with Crippen LogP contribution in [0, 0.1) is 0 Å². The maximum atomic E-state index is 15.5. The maximum absolute atomic E-state index is 15.5. The van der Waals surface area contributed by atoms with Gasteiger partial charge in [-0.25, -0.2) is 14.2 Å². The summed E-state index contributed by atoms with van der Waals surface area (Å²) in [6.07, 6.45) is -6.14. The molecule has 17 heteroatoms. The van der Waals surface area contributed by atoms with Crippen LogP contribution in [0.15, 0.2) is 47.4 Å². The van der Waals surface area contributed by atoms with Gasteiger partial charge in [0.05, 0.1) is 12.7 Å². The van der Waals surface area contributed by atoms with Crippen LogP contribution in [-0.2, 0) is 32.8 Å². The number of para-hydroxylation sites is 1. The Labute approximate surface area is 252 Å². The fourth-order valence-corrected chi connectivity index (χ4v) is 5.48. The average Bonchev–Trinajstić information content (AvgIpc) is 3.15. The lowest BCUT2D eigenvalue weighted by molar-refractivity contribution is -0.149. The van der Waals surface area contributed by atoms with E-state index in [1.54, 1.807) is 52.8 Å². The van der Waals surface area contributed by atoms with Crippen LogP contribution in [0.2, 0.25) is 0 Å². The van der Waals surface area contributed by atoms with Crippen molar-refractivity contribution in [2.45, 2.75) is 83.6 Å². The molecular formula is C27H37F2N4O10P. The van der Waals surface area contributed by atoms with Gasteiger partial charge in [-0.3, -0.25) is 19.2 Å². The van der Waals surface area contributed by atoms with Gasteiger partial charge in [-0.2, -0.15) is 18.9 Å². The molecule has 2 N–H and O–H groups in total. The Morgan fingerprint density at radius 2 is 1.82 bits per heavy atom. The van der Waals surface area contributed by atoms with Crippen molar-refractivity contribution in [2.24, 2.45) is 0 Å². The Balaban J connectivity index is 1.81. The third kappa shape index (κ3) is 9.29. The van der Waals surface area contributed by atoms with E-state index in [2.05, 4.69) is 15.4 Å². The van der Waals surface area contributed by atoms with Gasteiger partial charge in [0, 0.05) is 13.3 Å². The minimum absolute atomic E-state index is 0.101. The van der Waals surface area contributed by atoms with Crippen molar-refractivity contribution in [1.82, 2.24) is 14.6 Å². The summed E-state index contributed by atoms with van der Waals surface area (Å²) in [5, 5.41) is 4.71. The Bertz CT molecular complexity index is 1400. The summed E-state index contributed by atoms with van der Waals surface area (Å²) in [5.74, 6) is -4.69. The predicted octanol–water partition coefficient (Wildman–Crippen LogP) is 4.27. The number of rotatable bonds is 12. The lowest BCUT2D eigenvalue weighted by atomic mass is 10.1. The molecule has 0 bridgehead atoms. The summed E-state index contributed by atoms with van der Waals surface area (Å²) in [4.78, 5) is 40.7. The molecule has 0 radical (unpaired) electrons. The van der Waals surface area contributed by atoms with Gasteiger partial charge < -0.3 is 23.5 Å². The largest absolute Gasteiger partial charge is 0.462 e. The summed E-state index contributed by atoms with van der Waals surface area (Å²) in [6, 6.07) is 7.77. The number of carbonyl (C=O) groups is 2. The highest BCUT2D eigenvalue weighted by Crippen LogP contribution is 2.48. The Hall–Kier alpha value is -3.43. The minimum atomic E-state index is -4.43. The Morgan fingerprint density at radius 3 is 2.39 bits per heavy atom. The number of hydrogen-bond acceptors (Lipinski definition) is 11. The second-order valence-corrected chi connectivity index (χ2v) is 12.7. The third-order valence-corrected chi connectivity index (χ3v) is 7.39. The molecule has 2 heterocycles. The molecule has 1 aromatic heterocycles. The van der Waals surface area contributed by atoms with E-state index in [9.17, 15) is 18.9 Å². The van der Waals surface area contributed by atoms with E-state index in [4.69, 9.17) is 28.0 Å². The summed E-state index contributed by atoms with van der Waals surface area (Å²) < 4.78 is 77.1. The lowest BCUT2D eigenvalue weighted by Gasteiger charge is -2.25. The van der Waals surface area contributed by atoms with Gasteiger partial charge >= 0.3 is 31.4 Å². The molecule has 3 rings (SSSR count). The molecule has 2 aromatic rings. The first kappa shape index (κ1) is 35.1. The maximum Gasteiger partial charge on any atom is 0.459 e. The fourth-order valence-electron chi connectivity index (χ4n) is 3.98. The summed E-state index contributed by atoms with van der Waals surface area (Å²) in [5.41, 5.74) is -2.00. The summed E-state index contributed by atoms with van der Waals surface area (Å²) in [7, 11) is -3.42. The number of esters is 1. The molecule has 0 spiro atoms. The average molecular weight is 647 g/mol. The van der Waals surface area contributed by atoms with Crippen LogP contribution < -0.4 is 20.6 Å². The van der Waals surface area contributed by atoms with Crippen LogP contribution in [0.25, 0.3) is 0 Å². The molecular weight excluding hydrogens is 609 g/mol. The highest BCUT2D eigenvalue weighted by atomic mass is 31.2. The van der Waals surface area contributed by atoms with Crippen LogP contribution in [0.1, 0.15) is 47.8 Å². The van der Waals surface area contributed by atoms with Gasteiger partial charge in [0.25, 0.3) is 0 Å². The summed E-state index contributed by atoms with van der Waals surface area (Å²) in [6.45, 7) is 8.76. The van der Waals surface area contributed by atoms with Crippen LogP contribution >= 0.6 is 7.75 Å². The van der Waals surface area contributed by atoms with Crippen molar-refractivity contribution in [3.63, 3.8) is 0 Å². The zero-order chi connectivity index (χ0) is 32.9. The molecule has 1 amide bonds. The number of methoxy groups -OCH3 is 1. The van der Waals surface area contributed by atoms with Crippen LogP contribution in [0.5, 0.6) is 5.75 Å². The highest BCUT2D eigenvalue weighted by molar-refractivity contribution is 7.52. The quantitative estimate of drug-likeness (QED) is 0.249. The van der Waals surface area contributed by atoms with E-state index in [0.29, 0.717) is 4.57 Å². The van der Waals surface area contributed by atoms with E-state index >= 15 is 8.78 Å². The van der Waals surface area contributed by atoms with Crippen molar-refractivity contribution in [3.05, 3.63) is 53.1 Å². The number of nitrogens with zero attached hydrogens (tertiary/aromatic N) is 2. The normalized spacial score (nSPS) is 21.7. The van der Waals surface area contributed by atoms with E-state index in [-0.39, 0.29) is 11.6 Å². The summed E-state index contributed by atoms with van der Waals surface area (Å²) >= 11 is 0. The van der Waals surface area contributed by atoms with Crippen LogP contribution in [0.4, 0.5) is 19.4 Å². The number of carbonyl (C=O) groups excluding carboxylic acids is 2. The molecule has 0 aliphatic carbocycles. The van der Waals surface area contributed by atoms with Crippen molar-refractivity contribution < 1.29 is 50.9 Å². The number of ether oxygens (including phenoxy) is 4. The minimum Gasteiger partial charge on any atom is -0.462 e. The molecule has 1 aromatic carbocycles. The molecule has 1 fully saturated rings. The molecule has 14 nitrogen and oxygen atoms in total. The van der Waals surface area contributed by atoms with Gasteiger partial charge in [0.1, 0.15) is 29.3 Å². The first-order chi connectivity index (χ1) is 20.4. The number of aromatic nitrogens is 2. The SMILES string of the molecule is CO[C@@H]1[C@@H](COP(=O)(N[C@@H](C)C(=O)OC(C)C)Oc2ccccc2)O[C@@H](n2ccc(NC(=O)OC(C)(C)C)nc2=O)C1(F)F. The van der Waals surface area contributed by atoms with Gasteiger partial charge in [0.15, 0.2) is 6.10 Å². The van der Waals surface area contributed by atoms with Gasteiger partial charge in [0.2, 0.25) is 6.23 Å². The van der Waals surface area contributed by atoms with Crippen molar-refractivity contribution in [1.29, 1.82) is 0 Å². The number of hydrogen-bond donors (Lipinski definition) is 2. The first-order valence-corrected chi connectivity index (χ1v) is 15.1. The number of amides is 1. The van der Waals surface area contributed by atoms with Crippen molar-refractivity contribution in [2.75, 3.05) is 19.0 Å². The second-order valence-electron chi connectivity index (χ2n) is 11.0. The second kappa shape index (κ2) is 14.1. The zero-order valence-electron chi connectivity index (χ0n) is 25.3. The zero-order valence-corrected chi connectivity index (χ0v) is 26.2. The number of nitrogens with one attached hydrogen (secondary N) is 2. The highest BCUT2D eigenvalue weighted by Gasteiger charge is 2.61. The van der Waals surface area contributed by atoms with E-state index in [1.807, 2.05) is 0 Å². The molecule has 1 unspecified atom stereocenters. The van der Waals surface area contributed by atoms with Crippen LogP contribution in [0.3, 0.4) is 0 Å². The van der Waals surface area contributed by atoms with Gasteiger partial charge in [-0.05, 0) is 59.7 Å². The van der Waals surface area contributed by atoms with Gasteiger partial charge in [-0.1, -0.05) is 18.2 Å². The number of anilines is 1. The fraction of sp³-hybridized carbons (Fsp3) is 0.556. The molecule has 5 atom stereocenters. The monoisotopic (exact) mass is 646 g/mol. The standard InChI is InChI=1S/C27H37F2N4O10P/c1-16(2)40-22(34)17(3)32-44(37,43-18-11-9-8-10-12-18)39-15-19-21(38-7)27(28,29)23(41-19)33-14-13-20(30-24(33)35)31-25(36)42-26(4,5)6/h8-14,16-17,19,21,23H,15H2,1-7H3,(H,32,37)(H,30,31,35,36)/t17-,19+,21+,23+,44?/m0/s1. The van der Waals surface area contributed by atoms with E-state index in [0.717, 1.165) is 19.4 Å². The number of halogens is 2. The topological polar surface area (TPSA) is 166 Å². The smallest absolute Gasteiger partial charge is 0.459 e. The third-order valence-electron chi connectivity index (χ3n) is 5.75. The van der Waals surface area contributed by atoms with Crippen molar-refractivity contribution >= 4 is 25.6 Å². The predicted molar refractivity (Wildman–Crippen MR) is 152 cm³/mol. The van der Waals surface area contributed by atoms with Crippen LogP contribution in [-0.4, -0.2) is 71.2 Å². The number of alkyl halides is 2.